The van der Waals surface area contributed by atoms with Gasteiger partial charge in [-0.25, -0.2) is 0 Å². The second-order valence-corrected chi connectivity index (χ2v) is 6.12. The lowest BCUT2D eigenvalue weighted by Crippen LogP contribution is -2.41. The maximum atomic E-state index is 11.8. The number of nitrogens with zero attached hydrogens (tertiary/aromatic N) is 1. The van der Waals surface area contributed by atoms with E-state index in [0.717, 1.165) is 12.8 Å². The normalized spacial score (nSPS) is 12.0. The molecule has 0 spiro atoms. The van der Waals surface area contributed by atoms with E-state index < -0.39 is 10.2 Å². The van der Waals surface area contributed by atoms with Gasteiger partial charge in [-0.2, -0.15) is 17.4 Å². The Kier molecular flexibility index (Phi) is 7.42. The van der Waals surface area contributed by atoms with E-state index in [-0.39, 0.29) is 6.54 Å². The molecule has 1 N–H and O–H groups in total. The molecule has 0 atom stereocenters. The summed E-state index contributed by atoms with van der Waals surface area (Å²) in [7, 11) is -3.35. The van der Waals surface area contributed by atoms with Gasteiger partial charge in [-0.15, -0.1) is 0 Å². The van der Waals surface area contributed by atoms with Crippen LogP contribution < -0.4 is 4.72 Å². The molecule has 0 rings (SSSR count). The number of hydrogen-bond donors (Lipinski definition) is 1. The summed E-state index contributed by atoms with van der Waals surface area (Å²) < 4.78 is 28.1. The van der Waals surface area contributed by atoms with Crippen molar-refractivity contribution in [3.8, 4) is 0 Å². The van der Waals surface area contributed by atoms with Crippen LogP contribution in [-0.2, 0) is 10.2 Å². The summed E-state index contributed by atoms with van der Waals surface area (Å²) in [5, 5.41) is 0. The Morgan fingerprint density at radius 2 is 1.80 bits per heavy atom. The van der Waals surface area contributed by atoms with Gasteiger partial charge in [-0.05, 0) is 12.8 Å². The Morgan fingerprint density at radius 3 is 2.13 bits per heavy atom. The molecule has 0 aromatic carbocycles. The van der Waals surface area contributed by atoms with E-state index in [0.29, 0.717) is 17.6 Å². The molecule has 0 fully saturated rings. The molecule has 6 heteroatoms. The summed E-state index contributed by atoms with van der Waals surface area (Å²) >= 11 is 3.11. The second-order valence-electron chi connectivity index (χ2n) is 3.24. The molecule has 4 nitrogen and oxygen atoms in total. The van der Waals surface area contributed by atoms with Crippen LogP contribution in [0.4, 0.5) is 0 Å². The third-order valence-corrected chi connectivity index (χ3v) is 3.57. The van der Waals surface area contributed by atoms with Crippen molar-refractivity contribution in [2.24, 2.45) is 0 Å². The lowest BCUT2D eigenvalue weighted by molar-refractivity contribution is 0.403. The van der Waals surface area contributed by atoms with Crippen molar-refractivity contribution in [3.63, 3.8) is 0 Å². The number of hydrogen-bond acceptors (Lipinski definition) is 2. The number of nitrogens with one attached hydrogen (secondary N) is 1. The smallest absolute Gasteiger partial charge is 0.197 e. The van der Waals surface area contributed by atoms with Gasteiger partial charge in [-0.1, -0.05) is 36.4 Å². The lowest BCUT2D eigenvalue weighted by atomic mass is 10.4. The van der Waals surface area contributed by atoms with Gasteiger partial charge in [0.05, 0.1) is 0 Å². The molecule has 0 heterocycles. The molecule has 0 unspecified atom stereocenters. The molecule has 0 aromatic heterocycles. The van der Waals surface area contributed by atoms with Gasteiger partial charge in [-0.3, -0.25) is 0 Å². The number of halogens is 1. The van der Waals surface area contributed by atoms with Gasteiger partial charge in [0.25, 0.3) is 10.2 Å². The van der Waals surface area contributed by atoms with E-state index in [1.807, 2.05) is 13.8 Å². The summed E-state index contributed by atoms with van der Waals surface area (Å²) in [6.07, 6.45) is 1.63. The molecular formula is C9H19BrN2O2S. The highest BCUT2D eigenvalue weighted by molar-refractivity contribution is 9.11. The summed E-state index contributed by atoms with van der Waals surface area (Å²) in [4.78, 5) is 0. The SMILES string of the molecule is C=C(Br)CNS(=O)(=O)N(CCC)CCC. The third-order valence-electron chi connectivity index (χ3n) is 1.73. The van der Waals surface area contributed by atoms with Crippen molar-refractivity contribution in [2.75, 3.05) is 19.6 Å². The average molecular weight is 299 g/mol. The highest BCUT2D eigenvalue weighted by Gasteiger charge is 2.19. The second kappa shape index (κ2) is 7.38. The Labute approximate surface area is 101 Å². The van der Waals surface area contributed by atoms with E-state index in [4.69, 9.17) is 0 Å². The molecule has 0 aliphatic rings. The van der Waals surface area contributed by atoms with Crippen molar-refractivity contribution in [1.29, 1.82) is 0 Å². The zero-order valence-electron chi connectivity index (χ0n) is 9.29. The monoisotopic (exact) mass is 298 g/mol. The van der Waals surface area contributed by atoms with Crippen LogP contribution >= 0.6 is 15.9 Å². The minimum atomic E-state index is -3.35. The number of rotatable bonds is 8. The molecule has 90 valence electrons. The summed E-state index contributed by atoms with van der Waals surface area (Å²) in [6, 6.07) is 0. The van der Waals surface area contributed by atoms with Gasteiger partial charge in [0.1, 0.15) is 0 Å². The van der Waals surface area contributed by atoms with E-state index >= 15 is 0 Å². The van der Waals surface area contributed by atoms with Crippen molar-refractivity contribution < 1.29 is 8.42 Å². The molecular weight excluding hydrogens is 280 g/mol. The standard InChI is InChI=1S/C9H19BrN2O2S/c1-4-6-12(7-5-2)15(13,14)11-8-9(3)10/h11H,3-8H2,1-2H3. The first-order chi connectivity index (χ1) is 6.94. The first-order valence-electron chi connectivity index (χ1n) is 5.02. The highest BCUT2D eigenvalue weighted by Crippen LogP contribution is 2.04. The van der Waals surface area contributed by atoms with Crippen molar-refractivity contribution in [2.45, 2.75) is 26.7 Å². The van der Waals surface area contributed by atoms with E-state index in [1.165, 1.54) is 4.31 Å². The Balaban J connectivity index is 4.42. The minimum Gasteiger partial charge on any atom is -0.197 e. The van der Waals surface area contributed by atoms with Crippen LogP contribution in [0.25, 0.3) is 0 Å². The molecule has 0 saturated heterocycles. The fourth-order valence-electron chi connectivity index (χ4n) is 1.11. The molecule has 0 radical (unpaired) electrons. The first-order valence-corrected chi connectivity index (χ1v) is 7.25. The minimum absolute atomic E-state index is 0.228. The van der Waals surface area contributed by atoms with E-state index in [2.05, 4.69) is 27.2 Å². The maximum Gasteiger partial charge on any atom is 0.279 e. The largest absolute Gasteiger partial charge is 0.279 e. The van der Waals surface area contributed by atoms with E-state index in [1.54, 1.807) is 0 Å². The van der Waals surface area contributed by atoms with Crippen molar-refractivity contribution in [1.82, 2.24) is 9.03 Å². The Hall–Kier alpha value is 0.0900. The molecule has 0 saturated carbocycles. The molecule has 0 bridgehead atoms. The summed E-state index contributed by atoms with van der Waals surface area (Å²) in [6.45, 7) is 8.84. The Bertz CT molecular complexity index is 284. The van der Waals surface area contributed by atoms with Gasteiger partial charge in [0.15, 0.2) is 0 Å². The molecule has 0 aliphatic carbocycles. The first kappa shape index (κ1) is 15.1. The molecule has 0 amide bonds. The molecule has 0 aliphatic heterocycles. The third kappa shape index (κ3) is 6.29. The van der Waals surface area contributed by atoms with Crippen LogP contribution in [0.3, 0.4) is 0 Å². The van der Waals surface area contributed by atoms with Crippen molar-refractivity contribution >= 4 is 26.1 Å². The van der Waals surface area contributed by atoms with Gasteiger partial charge in [0.2, 0.25) is 0 Å². The van der Waals surface area contributed by atoms with Gasteiger partial charge < -0.3 is 0 Å². The quantitative estimate of drug-likeness (QED) is 0.743. The van der Waals surface area contributed by atoms with Crippen molar-refractivity contribution in [3.05, 3.63) is 11.1 Å². The molecule has 0 aromatic rings. The van der Waals surface area contributed by atoms with E-state index in [9.17, 15) is 8.42 Å². The zero-order chi connectivity index (χ0) is 11.9. The lowest BCUT2D eigenvalue weighted by Gasteiger charge is -2.21. The van der Waals surface area contributed by atoms with Crippen LogP contribution in [0.1, 0.15) is 26.7 Å². The topological polar surface area (TPSA) is 49.4 Å². The average Bonchev–Trinajstić information content (AvgIpc) is 2.15. The summed E-state index contributed by atoms with van der Waals surface area (Å²) in [5.74, 6) is 0. The maximum absolute atomic E-state index is 11.8. The highest BCUT2D eigenvalue weighted by atomic mass is 79.9. The Morgan fingerprint density at radius 1 is 1.33 bits per heavy atom. The van der Waals surface area contributed by atoms with Gasteiger partial charge in [0, 0.05) is 24.1 Å². The van der Waals surface area contributed by atoms with Crippen LogP contribution in [0.5, 0.6) is 0 Å². The van der Waals surface area contributed by atoms with Crippen LogP contribution in [0, 0.1) is 0 Å². The predicted molar refractivity (Wildman–Crippen MR) is 67.1 cm³/mol. The van der Waals surface area contributed by atoms with Crippen LogP contribution in [0.2, 0.25) is 0 Å². The summed E-state index contributed by atoms with van der Waals surface area (Å²) in [5.41, 5.74) is 0. The predicted octanol–water partition coefficient (Wildman–Crippen LogP) is 1.85. The van der Waals surface area contributed by atoms with Crippen LogP contribution in [0.15, 0.2) is 11.1 Å². The molecule has 15 heavy (non-hydrogen) atoms. The van der Waals surface area contributed by atoms with Crippen LogP contribution in [-0.4, -0.2) is 32.4 Å². The van der Waals surface area contributed by atoms with Gasteiger partial charge >= 0.3 is 0 Å². The fraction of sp³-hybridized carbons (Fsp3) is 0.778. The zero-order valence-corrected chi connectivity index (χ0v) is 11.7. The fourth-order valence-corrected chi connectivity index (χ4v) is 2.82.